The first-order chi connectivity index (χ1) is 8.06. The first-order valence-electron chi connectivity index (χ1n) is 4.47. The van der Waals surface area contributed by atoms with Crippen LogP contribution in [0, 0.1) is 5.82 Å². The molecule has 0 fully saturated rings. The van der Waals surface area contributed by atoms with E-state index in [1.807, 2.05) is 0 Å². The zero-order valence-corrected chi connectivity index (χ0v) is 10.7. The van der Waals surface area contributed by atoms with E-state index in [1.54, 1.807) is 6.07 Å². The Bertz CT molecular complexity index is 573. The number of hydrogen-bond donors (Lipinski definition) is 2. The molecule has 0 saturated carbocycles. The lowest BCUT2D eigenvalue weighted by molar-refractivity contribution is 0.0702. The van der Waals surface area contributed by atoms with Crippen molar-refractivity contribution in [3.8, 4) is 0 Å². The minimum atomic E-state index is -1.02. The summed E-state index contributed by atoms with van der Waals surface area (Å²) in [7, 11) is 0. The van der Waals surface area contributed by atoms with Crippen LogP contribution < -0.4 is 5.32 Å². The van der Waals surface area contributed by atoms with Gasteiger partial charge in [0.05, 0.1) is 11.9 Å². The molecule has 2 rings (SSSR count). The van der Waals surface area contributed by atoms with Gasteiger partial charge in [-0.2, -0.15) is 0 Å². The van der Waals surface area contributed by atoms with E-state index in [0.717, 1.165) is 11.3 Å². The van der Waals surface area contributed by atoms with E-state index in [2.05, 4.69) is 26.2 Å². The number of aromatic nitrogens is 1. The Balaban J connectivity index is 2.22. The van der Waals surface area contributed by atoms with Gasteiger partial charge in [0, 0.05) is 4.47 Å². The number of carbonyl (C=O) groups is 1. The fourth-order valence-corrected chi connectivity index (χ4v) is 2.25. The smallest absolute Gasteiger partial charge is 0.347 e. The molecular weight excluding hydrogens is 311 g/mol. The molecular formula is C10H6BrFN2O2S. The number of rotatable bonds is 3. The zero-order valence-electron chi connectivity index (χ0n) is 8.28. The van der Waals surface area contributed by atoms with Gasteiger partial charge in [0.1, 0.15) is 10.7 Å². The minimum absolute atomic E-state index is 0.144. The van der Waals surface area contributed by atoms with E-state index >= 15 is 0 Å². The normalized spacial score (nSPS) is 10.2. The fourth-order valence-electron chi connectivity index (χ4n) is 1.14. The van der Waals surface area contributed by atoms with Crippen LogP contribution in [0.4, 0.5) is 15.2 Å². The predicted octanol–water partition coefficient (Wildman–Crippen LogP) is 3.49. The van der Waals surface area contributed by atoms with Crippen molar-refractivity contribution in [3.63, 3.8) is 0 Å². The van der Waals surface area contributed by atoms with Gasteiger partial charge in [-0.05, 0) is 34.1 Å². The van der Waals surface area contributed by atoms with Crippen molar-refractivity contribution in [2.45, 2.75) is 0 Å². The van der Waals surface area contributed by atoms with Gasteiger partial charge < -0.3 is 10.4 Å². The van der Waals surface area contributed by atoms with Crippen molar-refractivity contribution in [3.05, 3.63) is 39.6 Å². The topological polar surface area (TPSA) is 62.2 Å². The molecule has 0 spiro atoms. The number of benzene rings is 1. The first-order valence-corrected chi connectivity index (χ1v) is 6.08. The summed E-state index contributed by atoms with van der Waals surface area (Å²) in [6.07, 6.45) is 1.27. The van der Waals surface area contributed by atoms with Crippen molar-refractivity contribution >= 4 is 44.1 Å². The molecule has 1 heterocycles. The number of halogens is 2. The molecule has 4 nitrogen and oxygen atoms in total. The van der Waals surface area contributed by atoms with Gasteiger partial charge >= 0.3 is 5.97 Å². The molecule has 88 valence electrons. The largest absolute Gasteiger partial charge is 0.477 e. The SMILES string of the molecule is O=C(O)c1cnc(Nc2ccc(F)cc2Br)s1. The van der Waals surface area contributed by atoms with Gasteiger partial charge in [-0.1, -0.05) is 11.3 Å². The number of thiazole rings is 1. The van der Waals surface area contributed by atoms with Crippen LogP contribution in [0.25, 0.3) is 0 Å². The van der Waals surface area contributed by atoms with Crippen LogP contribution in [-0.2, 0) is 0 Å². The summed E-state index contributed by atoms with van der Waals surface area (Å²) in [6.45, 7) is 0. The van der Waals surface area contributed by atoms with E-state index in [-0.39, 0.29) is 10.7 Å². The predicted molar refractivity (Wildman–Crippen MR) is 66.5 cm³/mol. The molecule has 2 aromatic rings. The van der Waals surface area contributed by atoms with Gasteiger partial charge in [0.25, 0.3) is 0 Å². The lowest BCUT2D eigenvalue weighted by atomic mass is 10.3. The maximum absolute atomic E-state index is 12.8. The second-order valence-electron chi connectivity index (χ2n) is 3.08. The van der Waals surface area contributed by atoms with E-state index in [0.29, 0.717) is 15.3 Å². The summed E-state index contributed by atoms with van der Waals surface area (Å²) in [5.74, 6) is -1.37. The van der Waals surface area contributed by atoms with Crippen molar-refractivity contribution in [2.24, 2.45) is 0 Å². The molecule has 0 aliphatic heterocycles. The maximum Gasteiger partial charge on any atom is 0.347 e. The second kappa shape index (κ2) is 4.80. The lowest BCUT2D eigenvalue weighted by Crippen LogP contribution is -1.91. The molecule has 0 radical (unpaired) electrons. The average Bonchev–Trinajstić information content (AvgIpc) is 2.71. The molecule has 7 heteroatoms. The number of carboxylic acid groups (broad SMARTS) is 1. The molecule has 1 aromatic heterocycles. The zero-order chi connectivity index (χ0) is 12.4. The summed E-state index contributed by atoms with van der Waals surface area (Å²) in [6, 6.07) is 4.16. The minimum Gasteiger partial charge on any atom is -0.477 e. The Hall–Kier alpha value is -1.47. The van der Waals surface area contributed by atoms with Crippen molar-refractivity contribution in [2.75, 3.05) is 5.32 Å². The van der Waals surface area contributed by atoms with Crippen LogP contribution in [0.1, 0.15) is 9.67 Å². The van der Waals surface area contributed by atoms with Gasteiger partial charge in [-0.3, -0.25) is 0 Å². The third-order valence-electron chi connectivity index (χ3n) is 1.89. The van der Waals surface area contributed by atoms with E-state index < -0.39 is 5.97 Å². The van der Waals surface area contributed by atoms with Gasteiger partial charge in [-0.15, -0.1) is 0 Å². The van der Waals surface area contributed by atoms with E-state index in [9.17, 15) is 9.18 Å². The molecule has 0 amide bonds. The summed E-state index contributed by atoms with van der Waals surface area (Å²) in [5.41, 5.74) is 0.623. The van der Waals surface area contributed by atoms with Crippen LogP contribution in [0.15, 0.2) is 28.9 Å². The summed E-state index contributed by atoms with van der Waals surface area (Å²) in [5, 5.41) is 12.1. The molecule has 0 aliphatic rings. The number of carboxylic acids is 1. The fraction of sp³-hybridized carbons (Fsp3) is 0. The Morgan fingerprint density at radius 1 is 1.53 bits per heavy atom. The van der Waals surface area contributed by atoms with E-state index in [4.69, 9.17) is 5.11 Å². The Morgan fingerprint density at radius 3 is 2.88 bits per heavy atom. The summed E-state index contributed by atoms with van der Waals surface area (Å²) < 4.78 is 13.4. The first kappa shape index (κ1) is 12.0. The van der Waals surface area contributed by atoms with Crippen molar-refractivity contribution < 1.29 is 14.3 Å². The molecule has 2 N–H and O–H groups in total. The molecule has 0 aliphatic carbocycles. The highest BCUT2D eigenvalue weighted by Gasteiger charge is 2.09. The number of anilines is 2. The third kappa shape index (κ3) is 2.80. The molecule has 0 unspecified atom stereocenters. The maximum atomic E-state index is 12.8. The number of hydrogen-bond acceptors (Lipinski definition) is 4. The quantitative estimate of drug-likeness (QED) is 0.910. The highest BCUT2D eigenvalue weighted by molar-refractivity contribution is 9.10. The monoisotopic (exact) mass is 316 g/mol. The molecule has 17 heavy (non-hydrogen) atoms. The average molecular weight is 317 g/mol. The molecule has 1 aromatic carbocycles. The molecule has 0 saturated heterocycles. The highest BCUT2D eigenvalue weighted by atomic mass is 79.9. The molecule has 0 atom stereocenters. The number of aromatic carboxylic acids is 1. The molecule has 0 bridgehead atoms. The summed E-state index contributed by atoms with van der Waals surface area (Å²) in [4.78, 5) is 14.7. The Kier molecular flexibility index (Phi) is 3.39. The van der Waals surface area contributed by atoms with Crippen LogP contribution in [0.5, 0.6) is 0 Å². The number of nitrogens with zero attached hydrogens (tertiary/aromatic N) is 1. The Labute approximate surface area is 108 Å². The van der Waals surface area contributed by atoms with Crippen LogP contribution in [-0.4, -0.2) is 16.1 Å². The van der Waals surface area contributed by atoms with Gasteiger partial charge in [0.2, 0.25) is 0 Å². The van der Waals surface area contributed by atoms with Crippen LogP contribution in [0.2, 0.25) is 0 Å². The van der Waals surface area contributed by atoms with Crippen LogP contribution in [0.3, 0.4) is 0 Å². The number of nitrogens with one attached hydrogen (secondary N) is 1. The second-order valence-corrected chi connectivity index (χ2v) is 4.97. The standard InChI is InChI=1S/C10H6BrFN2O2S/c11-6-3-5(12)1-2-7(6)14-10-13-4-8(17-10)9(15)16/h1-4H,(H,13,14)(H,15,16). The van der Waals surface area contributed by atoms with Gasteiger partial charge in [-0.25, -0.2) is 14.2 Å². The van der Waals surface area contributed by atoms with E-state index in [1.165, 1.54) is 18.3 Å². The van der Waals surface area contributed by atoms with Crippen LogP contribution >= 0.6 is 27.3 Å². The summed E-state index contributed by atoms with van der Waals surface area (Å²) >= 11 is 4.21. The Morgan fingerprint density at radius 2 is 2.29 bits per heavy atom. The van der Waals surface area contributed by atoms with Gasteiger partial charge in [0.15, 0.2) is 5.13 Å². The third-order valence-corrected chi connectivity index (χ3v) is 3.45. The lowest BCUT2D eigenvalue weighted by Gasteiger charge is -2.04. The van der Waals surface area contributed by atoms with Crippen molar-refractivity contribution in [1.82, 2.24) is 4.98 Å². The highest BCUT2D eigenvalue weighted by Crippen LogP contribution is 2.28. The van der Waals surface area contributed by atoms with Crippen molar-refractivity contribution in [1.29, 1.82) is 0 Å².